The largest absolute Gasteiger partial charge is 0.492 e. The van der Waals surface area contributed by atoms with Crippen LogP contribution in [0.5, 0.6) is 5.75 Å². The molecule has 0 unspecified atom stereocenters. The summed E-state index contributed by atoms with van der Waals surface area (Å²) in [6, 6.07) is 28.5. The molecular formula is C28H26N2O2. The first-order chi connectivity index (χ1) is 15.8. The Morgan fingerprint density at radius 1 is 0.906 bits per heavy atom. The van der Waals surface area contributed by atoms with Gasteiger partial charge in [-0.25, -0.2) is 0 Å². The molecule has 1 aromatic heterocycles. The fraction of sp³-hybridized carbons (Fsp3) is 0.214. The molecule has 0 spiro atoms. The van der Waals surface area contributed by atoms with E-state index in [1.807, 2.05) is 53.4 Å². The minimum atomic E-state index is 0.00627. The first-order valence-corrected chi connectivity index (χ1v) is 11.2. The number of amides is 1. The van der Waals surface area contributed by atoms with E-state index in [1.165, 1.54) is 5.56 Å². The lowest BCUT2D eigenvalue weighted by atomic mass is 10.1. The molecule has 1 amide bonds. The summed E-state index contributed by atoms with van der Waals surface area (Å²) in [5, 5.41) is 1.10. The number of pyridine rings is 1. The zero-order chi connectivity index (χ0) is 21.8. The summed E-state index contributed by atoms with van der Waals surface area (Å²) < 4.78 is 5.82. The number of benzene rings is 3. The number of carbonyl (C=O) groups excluding carboxylic acids is 1. The van der Waals surface area contributed by atoms with Crippen LogP contribution in [0.2, 0.25) is 0 Å². The molecule has 0 atom stereocenters. The molecule has 160 valence electrons. The summed E-state index contributed by atoms with van der Waals surface area (Å²) in [6.45, 7) is 1.77. The molecule has 0 fully saturated rings. The second-order valence-electron chi connectivity index (χ2n) is 8.20. The van der Waals surface area contributed by atoms with Gasteiger partial charge >= 0.3 is 0 Å². The number of hydrogen-bond donors (Lipinski definition) is 0. The van der Waals surface area contributed by atoms with Crippen molar-refractivity contribution < 1.29 is 9.53 Å². The first kappa shape index (κ1) is 20.3. The lowest BCUT2D eigenvalue weighted by molar-refractivity contribution is 0.0735. The number of rotatable bonds is 7. The Hall–Kier alpha value is -3.66. The molecule has 0 saturated carbocycles. The maximum atomic E-state index is 13.6. The number of aryl methyl sites for hydroxylation is 1. The van der Waals surface area contributed by atoms with Gasteiger partial charge in [0, 0.05) is 18.4 Å². The molecule has 0 saturated heterocycles. The van der Waals surface area contributed by atoms with Gasteiger partial charge in [0.25, 0.3) is 5.91 Å². The molecule has 2 heterocycles. The number of aromatic nitrogens is 1. The van der Waals surface area contributed by atoms with Crippen LogP contribution in [0.15, 0.2) is 84.9 Å². The Balaban J connectivity index is 1.39. The van der Waals surface area contributed by atoms with Crippen LogP contribution < -0.4 is 4.74 Å². The van der Waals surface area contributed by atoms with Crippen LogP contribution >= 0.6 is 0 Å². The number of ether oxygens (including phenoxy) is 1. The average molecular weight is 423 g/mol. The van der Waals surface area contributed by atoms with Crippen LogP contribution in [0, 0.1) is 0 Å². The van der Waals surface area contributed by atoms with Crippen LogP contribution in [0.1, 0.15) is 33.6 Å². The maximum absolute atomic E-state index is 13.6. The van der Waals surface area contributed by atoms with E-state index in [0.29, 0.717) is 25.3 Å². The van der Waals surface area contributed by atoms with Crippen molar-refractivity contribution in [1.82, 2.24) is 9.88 Å². The molecule has 3 aromatic carbocycles. The van der Waals surface area contributed by atoms with Crippen molar-refractivity contribution in [2.45, 2.75) is 25.8 Å². The third kappa shape index (κ3) is 4.35. The van der Waals surface area contributed by atoms with E-state index in [4.69, 9.17) is 9.72 Å². The van der Waals surface area contributed by atoms with Crippen molar-refractivity contribution in [2.75, 3.05) is 13.2 Å². The van der Waals surface area contributed by atoms with Gasteiger partial charge in [-0.05, 0) is 42.2 Å². The summed E-state index contributed by atoms with van der Waals surface area (Å²) in [6.07, 6.45) is 2.68. The van der Waals surface area contributed by atoms with Crippen molar-refractivity contribution in [3.63, 3.8) is 0 Å². The van der Waals surface area contributed by atoms with Gasteiger partial charge < -0.3 is 9.64 Å². The van der Waals surface area contributed by atoms with Gasteiger partial charge in [0.2, 0.25) is 0 Å². The Morgan fingerprint density at radius 2 is 1.75 bits per heavy atom. The summed E-state index contributed by atoms with van der Waals surface area (Å²) >= 11 is 0. The molecular weight excluding hydrogens is 396 g/mol. The number of hydrogen-bond acceptors (Lipinski definition) is 3. The third-order valence-electron chi connectivity index (χ3n) is 5.98. The van der Waals surface area contributed by atoms with Crippen molar-refractivity contribution in [1.29, 1.82) is 0 Å². The molecule has 0 N–H and O–H groups in total. The highest BCUT2D eigenvalue weighted by Gasteiger charge is 2.24. The molecule has 32 heavy (non-hydrogen) atoms. The van der Waals surface area contributed by atoms with E-state index in [-0.39, 0.29) is 5.91 Å². The second-order valence-corrected chi connectivity index (χ2v) is 8.20. The van der Waals surface area contributed by atoms with Crippen molar-refractivity contribution in [3.05, 3.63) is 107 Å². The highest BCUT2D eigenvalue weighted by Crippen LogP contribution is 2.30. The number of carbonyl (C=O) groups is 1. The maximum Gasteiger partial charge on any atom is 0.257 e. The summed E-state index contributed by atoms with van der Waals surface area (Å²) in [5.41, 5.74) is 4.90. The Morgan fingerprint density at radius 3 is 2.66 bits per heavy atom. The minimum Gasteiger partial charge on any atom is -0.492 e. The van der Waals surface area contributed by atoms with Gasteiger partial charge in [-0.1, -0.05) is 66.7 Å². The molecule has 0 bridgehead atoms. The van der Waals surface area contributed by atoms with Gasteiger partial charge in [0.1, 0.15) is 5.75 Å². The first-order valence-electron chi connectivity index (χ1n) is 11.2. The average Bonchev–Trinajstić information content (AvgIpc) is 3.33. The highest BCUT2D eigenvalue weighted by atomic mass is 16.5. The Kier molecular flexibility index (Phi) is 5.84. The number of para-hydroxylation sites is 2. The lowest BCUT2D eigenvalue weighted by Gasteiger charge is -2.23. The Labute approximate surface area is 188 Å². The second kappa shape index (κ2) is 9.23. The van der Waals surface area contributed by atoms with Crippen molar-refractivity contribution in [3.8, 4) is 5.75 Å². The lowest BCUT2D eigenvalue weighted by Crippen LogP contribution is -2.32. The topological polar surface area (TPSA) is 42.4 Å². The SMILES string of the molecule is O=C(c1cccc2c1OCC2)N(CCCc1ccccc1)Cc1ccc2ccccc2n1. The fourth-order valence-corrected chi connectivity index (χ4v) is 4.32. The van der Waals surface area contributed by atoms with Gasteiger partial charge in [-0.3, -0.25) is 9.78 Å². The summed E-state index contributed by atoms with van der Waals surface area (Å²) in [4.78, 5) is 20.4. The van der Waals surface area contributed by atoms with E-state index in [1.54, 1.807) is 0 Å². The van der Waals surface area contributed by atoms with E-state index in [9.17, 15) is 4.79 Å². The standard InChI is InChI=1S/C28H26N2O2/c31-28(25-13-6-12-23-17-19-32-27(23)25)30(18-7-10-21-8-2-1-3-9-21)20-24-16-15-22-11-4-5-14-26(22)29-24/h1-6,8-9,11-16H,7,10,17-20H2. The molecule has 0 aliphatic carbocycles. The van der Waals surface area contributed by atoms with E-state index in [0.717, 1.165) is 47.2 Å². The van der Waals surface area contributed by atoms with Crippen LogP contribution in [0.25, 0.3) is 10.9 Å². The van der Waals surface area contributed by atoms with Crippen LogP contribution in [-0.2, 0) is 19.4 Å². The Bertz CT molecular complexity index is 1240. The smallest absolute Gasteiger partial charge is 0.257 e. The zero-order valence-corrected chi connectivity index (χ0v) is 18.0. The quantitative estimate of drug-likeness (QED) is 0.398. The molecule has 0 radical (unpaired) electrons. The molecule has 1 aliphatic rings. The number of nitrogens with zero attached hydrogens (tertiary/aromatic N) is 2. The van der Waals surface area contributed by atoms with E-state index < -0.39 is 0 Å². The molecule has 4 heteroatoms. The zero-order valence-electron chi connectivity index (χ0n) is 18.0. The van der Waals surface area contributed by atoms with E-state index in [2.05, 4.69) is 36.4 Å². The highest BCUT2D eigenvalue weighted by molar-refractivity contribution is 5.97. The van der Waals surface area contributed by atoms with Gasteiger partial charge in [-0.15, -0.1) is 0 Å². The predicted octanol–water partition coefficient (Wildman–Crippen LogP) is 5.44. The predicted molar refractivity (Wildman–Crippen MR) is 127 cm³/mol. The fourth-order valence-electron chi connectivity index (χ4n) is 4.32. The van der Waals surface area contributed by atoms with Gasteiger partial charge in [0.05, 0.1) is 29.9 Å². The summed E-state index contributed by atoms with van der Waals surface area (Å²) in [5.74, 6) is 0.754. The van der Waals surface area contributed by atoms with Crippen LogP contribution in [0.3, 0.4) is 0 Å². The van der Waals surface area contributed by atoms with Crippen molar-refractivity contribution >= 4 is 16.8 Å². The summed E-state index contributed by atoms with van der Waals surface area (Å²) in [7, 11) is 0. The molecule has 4 nitrogen and oxygen atoms in total. The third-order valence-corrected chi connectivity index (χ3v) is 5.98. The van der Waals surface area contributed by atoms with E-state index >= 15 is 0 Å². The normalized spacial score (nSPS) is 12.4. The molecule has 5 rings (SSSR count). The van der Waals surface area contributed by atoms with Gasteiger partial charge in [-0.2, -0.15) is 0 Å². The van der Waals surface area contributed by atoms with Crippen molar-refractivity contribution in [2.24, 2.45) is 0 Å². The monoisotopic (exact) mass is 422 g/mol. The molecule has 1 aliphatic heterocycles. The van der Waals surface area contributed by atoms with Crippen LogP contribution in [-0.4, -0.2) is 28.9 Å². The number of fused-ring (bicyclic) bond motifs is 2. The molecule has 4 aromatic rings. The van der Waals surface area contributed by atoms with Crippen LogP contribution in [0.4, 0.5) is 0 Å². The minimum absolute atomic E-state index is 0.00627. The van der Waals surface area contributed by atoms with Gasteiger partial charge in [0.15, 0.2) is 0 Å².